The van der Waals surface area contributed by atoms with Crippen LogP contribution in [0.5, 0.6) is 0 Å². The maximum atomic E-state index is 6.50. The van der Waals surface area contributed by atoms with Crippen molar-refractivity contribution in [3.63, 3.8) is 0 Å². The second-order valence-electron chi connectivity index (χ2n) is 7.65. The molecule has 0 aliphatic carbocycles. The molecule has 0 atom stereocenters. The van der Waals surface area contributed by atoms with Crippen molar-refractivity contribution in [3.05, 3.63) is 53.3 Å². The minimum Gasteiger partial charge on any atom is -0.337 e. The Morgan fingerprint density at radius 2 is 1.86 bits per heavy atom. The zero-order valence-corrected chi connectivity index (χ0v) is 16.6. The summed E-state index contributed by atoms with van der Waals surface area (Å²) in [5.41, 5.74) is 4.86. The van der Waals surface area contributed by atoms with Gasteiger partial charge in [0.1, 0.15) is 0 Å². The molecule has 0 saturated heterocycles. The van der Waals surface area contributed by atoms with E-state index < -0.39 is 0 Å². The third-order valence-corrected chi connectivity index (χ3v) is 5.48. The third kappa shape index (κ3) is 2.56. The predicted molar refractivity (Wildman–Crippen MR) is 107 cm³/mol. The van der Waals surface area contributed by atoms with E-state index in [1.807, 2.05) is 29.8 Å². The van der Waals surface area contributed by atoms with Crippen molar-refractivity contribution in [1.29, 1.82) is 0 Å². The van der Waals surface area contributed by atoms with Crippen LogP contribution in [0, 0.1) is 6.92 Å². The number of anilines is 2. The highest BCUT2D eigenvalue weighted by molar-refractivity contribution is 6.32. The minimum absolute atomic E-state index is 0.0262. The van der Waals surface area contributed by atoms with Crippen LogP contribution in [-0.2, 0) is 5.41 Å². The molecule has 0 aromatic carbocycles. The molecule has 5 rings (SSSR count). The van der Waals surface area contributed by atoms with Gasteiger partial charge in [0, 0.05) is 18.0 Å². The maximum Gasteiger partial charge on any atom is 0.193 e. The maximum absolute atomic E-state index is 6.50. The fourth-order valence-corrected chi connectivity index (χ4v) is 4.05. The number of nitrogens with zero attached hydrogens (tertiary/aromatic N) is 8. The zero-order valence-electron chi connectivity index (χ0n) is 15.8. The van der Waals surface area contributed by atoms with Gasteiger partial charge in [-0.2, -0.15) is 15.3 Å². The quantitative estimate of drug-likeness (QED) is 0.518. The Bertz CT molecular complexity index is 1180. The van der Waals surface area contributed by atoms with Gasteiger partial charge in [0.15, 0.2) is 11.5 Å². The molecular formula is C19H19ClN8. The lowest BCUT2D eigenvalue weighted by atomic mass is 9.81. The summed E-state index contributed by atoms with van der Waals surface area (Å²) in [5.74, 6) is 0.504. The molecule has 28 heavy (non-hydrogen) atoms. The SMILES string of the molecule is Cc1cc2ncc3c(n2n1)C(C)(C)CCN3c1cnc(-n2nccn2)c(Cl)c1. The van der Waals surface area contributed by atoms with E-state index >= 15 is 0 Å². The first kappa shape index (κ1) is 17.1. The monoisotopic (exact) mass is 394 g/mol. The Morgan fingerprint density at radius 3 is 2.61 bits per heavy atom. The number of hydrogen-bond donors (Lipinski definition) is 0. The zero-order chi connectivity index (χ0) is 19.5. The lowest BCUT2D eigenvalue weighted by Gasteiger charge is -2.39. The summed E-state index contributed by atoms with van der Waals surface area (Å²) in [6, 6.07) is 3.90. The van der Waals surface area contributed by atoms with Gasteiger partial charge in [-0.15, -0.1) is 4.80 Å². The Kier molecular flexibility index (Phi) is 3.67. The van der Waals surface area contributed by atoms with Gasteiger partial charge < -0.3 is 4.90 Å². The second kappa shape index (κ2) is 6.00. The van der Waals surface area contributed by atoms with E-state index in [-0.39, 0.29) is 5.41 Å². The fourth-order valence-electron chi connectivity index (χ4n) is 3.81. The molecule has 0 saturated carbocycles. The van der Waals surface area contributed by atoms with Crippen LogP contribution in [0.25, 0.3) is 11.5 Å². The van der Waals surface area contributed by atoms with Crippen LogP contribution in [0.4, 0.5) is 11.4 Å². The lowest BCUT2D eigenvalue weighted by Crippen LogP contribution is -2.37. The van der Waals surface area contributed by atoms with Crippen molar-refractivity contribution < 1.29 is 0 Å². The van der Waals surface area contributed by atoms with Gasteiger partial charge >= 0.3 is 0 Å². The molecule has 8 nitrogen and oxygen atoms in total. The molecule has 1 aliphatic heterocycles. The predicted octanol–water partition coefficient (Wildman–Crippen LogP) is 3.49. The fraction of sp³-hybridized carbons (Fsp3) is 0.316. The smallest absolute Gasteiger partial charge is 0.193 e. The molecule has 4 aromatic rings. The van der Waals surface area contributed by atoms with Crippen molar-refractivity contribution in [2.45, 2.75) is 32.6 Å². The molecule has 9 heteroatoms. The summed E-state index contributed by atoms with van der Waals surface area (Å²) in [7, 11) is 0. The van der Waals surface area contributed by atoms with E-state index in [0.29, 0.717) is 10.8 Å². The van der Waals surface area contributed by atoms with Crippen LogP contribution in [0.3, 0.4) is 0 Å². The number of aryl methyl sites for hydroxylation is 1. The molecule has 0 spiro atoms. The summed E-state index contributed by atoms with van der Waals surface area (Å²) in [6.45, 7) is 7.32. The Morgan fingerprint density at radius 1 is 1.07 bits per heavy atom. The molecule has 142 valence electrons. The summed E-state index contributed by atoms with van der Waals surface area (Å²) in [6.07, 6.45) is 7.88. The van der Waals surface area contributed by atoms with Crippen molar-refractivity contribution in [1.82, 2.24) is 34.6 Å². The summed E-state index contributed by atoms with van der Waals surface area (Å²) in [5, 5.41) is 13.4. The van der Waals surface area contributed by atoms with Gasteiger partial charge in [0.25, 0.3) is 0 Å². The summed E-state index contributed by atoms with van der Waals surface area (Å²) >= 11 is 6.50. The molecular weight excluding hydrogens is 376 g/mol. The van der Waals surface area contributed by atoms with Gasteiger partial charge in [-0.3, -0.25) is 0 Å². The Balaban J connectivity index is 1.65. The topological polar surface area (TPSA) is 77.0 Å². The Hall–Kier alpha value is -3.00. The van der Waals surface area contributed by atoms with E-state index in [2.05, 4.69) is 44.0 Å². The molecule has 0 fully saturated rings. The molecule has 4 aromatic heterocycles. The van der Waals surface area contributed by atoms with Gasteiger partial charge in [-0.05, 0) is 19.4 Å². The number of pyridine rings is 1. The van der Waals surface area contributed by atoms with Crippen LogP contribution < -0.4 is 4.90 Å². The Labute approximate surface area is 166 Å². The van der Waals surface area contributed by atoms with Crippen LogP contribution in [0.2, 0.25) is 5.02 Å². The number of fused-ring (bicyclic) bond motifs is 3. The van der Waals surface area contributed by atoms with Crippen molar-refractivity contribution in [2.24, 2.45) is 0 Å². The van der Waals surface area contributed by atoms with Crippen LogP contribution in [0.1, 0.15) is 31.7 Å². The summed E-state index contributed by atoms with van der Waals surface area (Å²) in [4.78, 5) is 12.7. The standard InChI is InChI=1S/C19H19ClN8/c1-12-8-16-21-11-15-17(27(16)25-12)19(2,3)4-7-26(15)13-9-14(20)18(22-10-13)28-23-5-6-24-28/h5-6,8-11H,4,7H2,1-3H3. The van der Waals surface area contributed by atoms with E-state index in [0.717, 1.165) is 41.4 Å². The summed E-state index contributed by atoms with van der Waals surface area (Å²) < 4.78 is 1.97. The van der Waals surface area contributed by atoms with E-state index in [1.54, 1.807) is 18.6 Å². The third-order valence-electron chi connectivity index (χ3n) is 5.21. The first-order valence-electron chi connectivity index (χ1n) is 9.10. The van der Waals surface area contributed by atoms with Crippen LogP contribution >= 0.6 is 11.6 Å². The van der Waals surface area contributed by atoms with E-state index in [9.17, 15) is 0 Å². The van der Waals surface area contributed by atoms with Gasteiger partial charge in [-0.25, -0.2) is 14.5 Å². The first-order valence-corrected chi connectivity index (χ1v) is 9.47. The van der Waals surface area contributed by atoms with Crippen LogP contribution in [-0.4, -0.2) is 41.1 Å². The van der Waals surface area contributed by atoms with Crippen molar-refractivity contribution in [3.8, 4) is 5.82 Å². The molecule has 0 unspecified atom stereocenters. The highest BCUT2D eigenvalue weighted by atomic mass is 35.5. The van der Waals surface area contributed by atoms with E-state index in [1.165, 1.54) is 4.80 Å². The van der Waals surface area contributed by atoms with Gasteiger partial charge in [0.05, 0.1) is 52.6 Å². The lowest BCUT2D eigenvalue weighted by molar-refractivity contribution is 0.439. The molecule has 1 aliphatic rings. The van der Waals surface area contributed by atoms with Crippen molar-refractivity contribution in [2.75, 3.05) is 11.4 Å². The van der Waals surface area contributed by atoms with Crippen LogP contribution in [0.15, 0.2) is 36.9 Å². The number of hydrogen-bond acceptors (Lipinski definition) is 6. The van der Waals surface area contributed by atoms with Gasteiger partial charge in [0.2, 0.25) is 0 Å². The highest BCUT2D eigenvalue weighted by Crippen LogP contribution is 2.42. The largest absolute Gasteiger partial charge is 0.337 e. The normalized spacial score (nSPS) is 15.8. The second-order valence-corrected chi connectivity index (χ2v) is 8.06. The average Bonchev–Trinajstić information content (AvgIpc) is 3.29. The van der Waals surface area contributed by atoms with E-state index in [4.69, 9.17) is 11.6 Å². The number of rotatable bonds is 2. The molecule has 0 amide bonds. The molecule has 5 heterocycles. The minimum atomic E-state index is -0.0262. The molecule has 0 radical (unpaired) electrons. The van der Waals surface area contributed by atoms with Crippen molar-refractivity contribution >= 4 is 28.6 Å². The van der Waals surface area contributed by atoms with Gasteiger partial charge in [-0.1, -0.05) is 25.4 Å². The average molecular weight is 395 g/mol. The highest BCUT2D eigenvalue weighted by Gasteiger charge is 2.35. The molecule has 0 bridgehead atoms. The number of aromatic nitrogens is 7. The molecule has 0 N–H and O–H groups in total. The first-order chi connectivity index (χ1) is 13.4. The number of halogens is 1.